The van der Waals surface area contributed by atoms with Gasteiger partial charge in [0.15, 0.2) is 5.82 Å². The minimum Gasteiger partial charge on any atom is -0.318 e. The van der Waals surface area contributed by atoms with Gasteiger partial charge >= 0.3 is 0 Å². The van der Waals surface area contributed by atoms with Crippen LogP contribution in [0.15, 0.2) is 24.3 Å². The van der Waals surface area contributed by atoms with Gasteiger partial charge in [-0.05, 0) is 17.8 Å². The summed E-state index contributed by atoms with van der Waals surface area (Å²) in [7, 11) is 0. The number of nitrogens with one attached hydrogen (secondary N) is 2. The van der Waals surface area contributed by atoms with Crippen LogP contribution in [-0.2, 0) is 13.0 Å². The van der Waals surface area contributed by atoms with Gasteiger partial charge in [0.25, 0.3) is 5.69 Å². The number of H-pyrrole nitrogens is 1. The molecule has 2 aromatic rings. The molecule has 0 saturated carbocycles. The predicted molar refractivity (Wildman–Crippen MR) is 73.0 cm³/mol. The Morgan fingerprint density at radius 1 is 1.58 bits per heavy atom. The van der Waals surface area contributed by atoms with Crippen molar-refractivity contribution in [3.63, 3.8) is 0 Å². The second-order valence-electron chi connectivity index (χ2n) is 3.90. The number of non-ortho nitro benzene ring substituents is 1. The van der Waals surface area contributed by atoms with Crippen LogP contribution in [0.25, 0.3) is 0 Å². The third-order valence-corrected chi connectivity index (χ3v) is 2.89. The van der Waals surface area contributed by atoms with E-state index in [-0.39, 0.29) is 5.69 Å². The summed E-state index contributed by atoms with van der Waals surface area (Å²) in [6.07, 6.45) is 0.731. The number of hydrogen-bond acceptors (Lipinski definition) is 5. The van der Waals surface area contributed by atoms with Gasteiger partial charge in [-0.3, -0.25) is 15.2 Å². The Balaban J connectivity index is 2.14. The molecule has 0 radical (unpaired) electrons. The second-order valence-corrected chi connectivity index (χ2v) is 4.28. The summed E-state index contributed by atoms with van der Waals surface area (Å²) in [4.78, 5) is 10.3. The lowest BCUT2D eigenvalue weighted by Crippen LogP contribution is -2.17. The fourth-order valence-corrected chi connectivity index (χ4v) is 1.90. The first kappa shape index (κ1) is 13.2. The van der Waals surface area contributed by atoms with Crippen LogP contribution in [0.4, 0.5) is 5.69 Å². The Kier molecular flexibility index (Phi) is 3.91. The number of rotatable bonds is 5. The monoisotopic (exact) mass is 279 g/mol. The van der Waals surface area contributed by atoms with Gasteiger partial charge in [-0.25, -0.2) is 4.68 Å². The minimum absolute atomic E-state index is 0.0748. The molecule has 0 amide bonds. The molecule has 19 heavy (non-hydrogen) atoms. The molecule has 1 heterocycles. The molecule has 0 aliphatic heterocycles. The van der Waals surface area contributed by atoms with Crippen LogP contribution >= 0.6 is 12.2 Å². The molecule has 7 nitrogen and oxygen atoms in total. The van der Waals surface area contributed by atoms with Crippen molar-refractivity contribution in [2.45, 2.75) is 19.9 Å². The van der Waals surface area contributed by atoms with Gasteiger partial charge in [-0.2, -0.15) is 5.10 Å². The van der Waals surface area contributed by atoms with Gasteiger partial charge in [-0.1, -0.05) is 19.1 Å². The molecule has 100 valence electrons. The average Bonchev–Trinajstić information content (AvgIpc) is 2.77. The van der Waals surface area contributed by atoms with Crippen LogP contribution in [0, 0.1) is 14.9 Å². The second kappa shape index (κ2) is 5.61. The quantitative estimate of drug-likeness (QED) is 0.497. The van der Waals surface area contributed by atoms with Gasteiger partial charge in [0.1, 0.15) is 0 Å². The standard InChI is InChI=1S/C11H13N5O2S/c1-2-10-13-14-11(19)15(10)12-7-8-4-3-5-9(6-8)16(17)18/h3-6,12H,2,7H2,1H3,(H,14,19). The van der Waals surface area contributed by atoms with Crippen LogP contribution < -0.4 is 5.43 Å². The number of aromatic amines is 1. The van der Waals surface area contributed by atoms with Crippen LogP contribution in [-0.4, -0.2) is 19.8 Å². The number of benzene rings is 1. The molecule has 2 N–H and O–H groups in total. The maximum Gasteiger partial charge on any atom is 0.269 e. The van der Waals surface area contributed by atoms with E-state index in [1.165, 1.54) is 12.1 Å². The molecular formula is C11H13N5O2S. The summed E-state index contributed by atoms with van der Waals surface area (Å²) >= 11 is 5.10. The molecule has 8 heteroatoms. The third kappa shape index (κ3) is 2.97. The molecule has 2 rings (SSSR count). The normalized spacial score (nSPS) is 10.4. The van der Waals surface area contributed by atoms with Gasteiger partial charge in [0, 0.05) is 18.6 Å². The maximum atomic E-state index is 10.7. The summed E-state index contributed by atoms with van der Waals surface area (Å²) in [5, 5.41) is 17.5. The predicted octanol–water partition coefficient (Wildman–Crippen LogP) is 2.15. The largest absolute Gasteiger partial charge is 0.318 e. The smallest absolute Gasteiger partial charge is 0.269 e. The molecule has 0 spiro atoms. The zero-order valence-corrected chi connectivity index (χ0v) is 11.1. The Labute approximate surface area is 114 Å². The molecule has 0 aliphatic rings. The number of nitro groups is 1. The molecular weight excluding hydrogens is 266 g/mol. The molecule has 0 aliphatic carbocycles. The van der Waals surface area contributed by atoms with Crippen molar-refractivity contribution in [2.24, 2.45) is 0 Å². The molecule has 0 bridgehead atoms. The Morgan fingerprint density at radius 3 is 3.05 bits per heavy atom. The average molecular weight is 279 g/mol. The van der Waals surface area contributed by atoms with Crippen molar-refractivity contribution in [3.05, 3.63) is 50.5 Å². The summed E-state index contributed by atoms with van der Waals surface area (Å²) in [6, 6.07) is 6.46. The van der Waals surface area contributed by atoms with Crippen molar-refractivity contribution < 1.29 is 4.92 Å². The SMILES string of the molecule is CCc1n[nH]c(=S)n1NCc1cccc([N+](=O)[O-])c1. The number of aryl methyl sites for hydroxylation is 1. The summed E-state index contributed by atoms with van der Waals surface area (Å²) in [6.45, 7) is 2.40. The Morgan fingerprint density at radius 2 is 2.37 bits per heavy atom. The van der Waals surface area contributed by atoms with Gasteiger partial charge in [0.2, 0.25) is 4.77 Å². The first-order valence-electron chi connectivity index (χ1n) is 5.75. The van der Waals surface area contributed by atoms with Gasteiger partial charge in [-0.15, -0.1) is 0 Å². The number of nitro benzene ring substituents is 1. The number of nitrogens with zero attached hydrogens (tertiary/aromatic N) is 3. The van der Waals surface area contributed by atoms with Gasteiger partial charge in [0.05, 0.1) is 11.5 Å². The highest BCUT2D eigenvalue weighted by molar-refractivity contribution is 7.71. The zero-order valence-electron chi connectivity index (χ0n) is 10.3. The third-order valence-electron chi connectivity index (χ3n) is 2.62. The highest BCUT2D eigenvalue weighted by Crippen LogP contribution is 2.13. The number of hydrogen-bond donors (Lipinski definition) is 2. The Bertz CT molecular complexity index is 649. The fourth-order valence-electron chi connectivity index (χ4n) is 1.68. The van der Waals surface area contributed by atoms with E-state index in [0.29, 0.717) is 11.3 Å². The van der Waals surface area contributed by atoms with E-state index in [0.717, 1.165) is 17.8 Å². The minimum atomic E-state index is -0.412. The lowest BCUT2D eigenvalue weighted by atomic mass is 10.2. The van der Waals surface area contributed by atoms with Crippen molar-refractivity contribution in [2.75, 3.05) is 5.43 Å². The molecule has 0 unspecified atom stereocenters. The van der Waals surface area contributed by atoms with E-state index in [4.69, 9.17) is 12.2 Å². The van der Waals surface area contributed by atoms with Crippen molar-refractivity contribution >= 4 is 17.9 Å². The lowest BCUT2D eigenvalue weighted by Gasteiger charge is -2.08. The number of aromatic nitrogens is 3. The summed E-state index contributed by atoms with van der Waals surface area (Å²) in [5.74, 6) is 0.787. The van der Waals surface area contributed by atoms with Crippen molar-refractivity contribution in [1.82, 2.24) is 14.9 Å². The van der Waals surface area contributed by atoms with Crippen molar-refractivity contribution in [3.8, 4) is 0 Å². The summed E-state index contributed by atoms with van der Waals surface area (Å²) in [5.41, 5.74) is 3.97. The highest BCUT2D eigenvalue weighted by Gasteiger charge is 2.07. The summed E-state index contributed by atoms with van der Waals surface area (Å²) < 4.78 is 2.15. The van der Waals surface area contributed by atoms with Crippen LogP contribution in [0.1, 0.15) is 18.3 Å². The van der Waals surface area contributed by atoms with E-state index in [1.807, 2.05) is 13.0 Å². The first-order chi connectivity index (χ1) is 9.11. The first-order valence-corrected chi connectivity index (χ1v) is 6.16. The van der Waals surface area contributed by atoms with E-state index in [9.17, 15) is 10.1 Å². The zero-order chi connectivity index (χ0) is 13.8. The molecule has 0 atom stereocenters. The molecule has 1 aromatic carbocycles. The lowest BCUT2D eigenvalue weighted by molar-refractivity contribution is -0.384. The highest BCUT2D eigenvalue weighted by atomic mass is 32.1. The van der Waals surface area contributed by atoms with E-state index < -0.39 is 4.92 Å². The van der Waals surface area contributed by atoms with E-state index in [1.54, 1.807) is 10.7 Å². The van der Waals surface area contributed by atoms with E-state index in [2.05, 4.69) is 15.6 Å². The topological polar surface area (TPSA) is 88.8 Å². The maximum absolute atomic E-state index is 10.7. The fraction of sp³-hybridized carbons (Fsp3) is 0.273. The Hall–Kier alpha value is -2.22. The van der Waals surface area contributed by atoms with Crippen LogP contribution in [0.5, 0.6) is 0 Å². The van der Waals surface area contributed by atoms with Gasteiger partial charge < -0.3 is 5.43 Å². The van der Waals surface area contributed by atoms with E-state index >= 15 is 0 Å². The molecule has 0 saturated heterocycles. The van der Waals surface area contributed by atoms with Crippen LogP contribution in [0.3, 0.4) is 0 Å². The molecule has 1 aromatic heterocycles. The van der Waals surface area contributed by atoms with Crippen LogP contribution in [0.2, 0.25) is 0 Å². The van der Waals surface area contributed by atoms with Crippen molar-refractivity contribution in [1.29, 1.82) is 0 Å². The molecule has 0 fully saturated rings.